The van der Waals surface area contributed by atoms with Gasteiger partial charge in [0.05, 0.1) is 63.8 Å². The Bertz CT molecular complexity index is 3250. The highest BCUT2D eigenvalue weighted by atomic mass is 16.6. The number of nitrogens with one attached hydrogen (secondary N) is 2. The second-order valence-electron chi connectivity index (χ2n) is 27.3. The summed E-state index contributed by atoms with van der Waals surface area (Å²) in [6.07, 6.45) is 22.1. The van der Waals surface area contributed by atoms with Gasteiger partial charge in [0.25, 0.3) is 0 Å². The van der Waals surface area contributed by atoms with E-state index in [4.69, 9.17) is 14.2 Å². The van der Waals surface area contributed by atoms with E-state index in [1.807, 2.05) is 0 Å². The normalized spacial score (nSPS) is 13.3. The molecule has 0 bridgehead atoms. The maximum atomic E-state index is 14.1. The molecule has 0 aliphatic carbocycles. The van der Waals surface area contributed by atoms with Crippen molar-refractivity contribution in [3.8, 4) is 35.2 Å². The Kier molecular flexibility index (Phi) is 48.9. The van der Waals surface area contributed by atoms with Gasteiger partial charge in [0, 0.05) is 38.5 Å². The monoisotopic (exact) mass is 1480 g/mol. The standard InChI is InChI=1S/C43H63NO11.C39H55NO11/c1-7-9-11-14-17-20-33(45)21-18-15-12-13-16-19-22-35(43(52,31-38(47)48)41(51)55-42(3,4)5)40(50)44-36(37(46)27-28-39(49)53-6)30-32-23-25-34(26-24-32)54-29-10-8-2;1-4-6-8-11-14-17-30(41)18-15-12-9-10-13-16-19-32(39(49,38(47)48)28-35(43)44)37(46)40-33(34(42)24-25-36(45)50-3)27-29-20-22-31(23-21-29)51-26-7-5-2/h19,22-26,35-36,52H,7,9,11-18,20-21,27-31H2,1-6H3,(H,44,50)(H,47,48);16,19-23,32-33,49H,4,6,8-15,17-18,24-28H2,1-3H3,(H,40,46)(H,43,44)(H,47,48)/b22-19+;19-16+/t35-,36+,43+;32-,33+,39+/m11/s1. The maximum Gasteiger partial charge on any atom is 0.340 e. The second-order valence-corrected chi connectivity index (χ2v) is 27.3. The third kappa shape index (κ3) is 41.6. The van der Waals surface area contributed by atoms with Crippen molar-refractivity contribution in [2.24, 2.45) is 11.8 Å². The number of hydrogen-bond donors (Lipinski definition) is 7. The van der Waals surface area contributed by atoms with Crippen molar-refractivity contribution in [1.29, 1.82) is 0 Å². The molecule has 2 rings (SSSR count). The zero-order chi connectivity index (χ0) is 79.4. The number of aliphatic hydroxyl groups is 2. The van der Waals surface area contributed by atoms with Gasteiger partial charge in [-0.15, -0.1) is 11.8 Å². The Morgan fingerprint density at radius 3 is 1.12 bits per heavy atom. The van der Waals surface area contributed by atoms with Crippen molar-refractivity contribution in [2.75, 3.05) is 27.4 Å². The fourth-order valence-electron chi connectivity index (χ4n) is 11.1. The van der Waals surface area contributed by atoms with E-state index in [0.29, 0.717) is 74.0 Å². The Morgan fingerprint density at radius 1 is 0.462 bits per heavy atom. The number of hydrogen-bond acceptors (Lipinski definition) is 19. The molecule has 588 valence electrons. The van der Waals surface area contributed by atoms with Crippen molar-refractivity contribution in [3.63, 3.8) is 0 Å². The van der Waals surface area contributed by atoms with E-state index >= 15 is 0 Å². The summed E-state index contributed by atoms with van der Waals surface area (Å²) in [7, 11) is 2.36. The minimum atomic E-state index is -3.02. The van der Waals surface area contributed by atoms with E-state index in [-0.39, 0.29) is 63.3 Å². The van der Waals surface area contributed by atoms with Crippen molar-refractivity contribution >= 4 is 70.8 Å². The van der Waals surface area contributed by atoms with E-state index in [2.05, 4.69) is 57.6 Å². The molecule has 0 spiro atoms. The molecule has 7 N–H and O–H groups in total. The summed E-state index contributed by atoms with van der Waals surface area (Å²) in [5.74, 6) is -1.81. The molecule has 0 radical (unpaired) electrons. The van der Waals surface area contributed by atoms with Gasteiger partial charge in [-0.1, -0.05) is 151 Å². The Hall–Kier alpha value is -9.00. The SMILES string of the molecule is CC#CCOc1ccc(C[C@H](NC(=O)[C@@H](/C=C/CCCCCCC(=O)CCCCCCC)[C@@](O)(CC(=O)O)C(=O)O)C(=O)CCC(=O)OC)cc1.CC#CCOc1ccc(C[C@H](NC(=O)[C@@H](/C=C/CCCCCCC(=O)CCCCCCC)[C@@](O)(CC(=O)O)C(=O)OC(C)(C)C)C(=O)CCC(=O)OC)cc1. The highest BCUT2D eigenvalue weighted by Gasteiger charge is 2.52. The predicted octanol–water partition coefficient (Wildman–Crippen LogP) is 12.0. The Morgan fingerprint density at radius 2 is 0.802 bits per heavy atom. The van der Waals surface area contributed by atoms with Crippen molar-refractivity contribution in [1.82, 2.24) is 10.6 Å². The number of benzene rings is 2. The summed E-state index contributed by atoms with van der Waals surface area (Å²) in [6, 6.07) is 10.9. The smallest absolute Gasteiger partial charge is 0.340 e. The average Bonchev–Trinajstić information content (AvgIpc) is 0.797. The minimum absolute atomic E-state index is 0.0254. The number of carboxylic acid groups (broad SMARTS) is 3. The minimum Gasteiger partial charge on any atom is -0.481 e. The number of amides is 2. The lowest BCUT2D eigenvalue weighted by Gasteiger charge is -2.34. The van der Waals surface area contributed by atoms with Gasteiger partial charge >= 0.3 is 35.8 Å². The number of rotatable bonds is 56. The first-order valence-electron chi connectivity index (χ1n) is 37.2. The molecule has 0 saturated carbocycles. The molecule has 6 atom stereocenters. The highest BCUT2D eigenvalue weighted by Crippen LogP contribution is 2.31. The summed E-state index contributed by atoms with van der Waals surface area (Å²) in [4.78, 5) is 152. The van der Waals surface area contributed by atoms with Crippen LogP contribution in [-0.2, 0) is 84.6 Å². The first kappa shape index (κ1) is 95.0. The largest absolute Gasteiger partial charge is 0.481 e. The van der Waals surface area contributed by atoms with Crippen LogP contribution in [0.4, 0.5) is 0 Å². The van der Waals surface area contributed by atoms with Crippen LogP contribution in [0.2, 0.25) is 0 Å². The topological polar surface area (TPSA) is 376 Å². The van der Waals surface area contributed by atoms with E-state index in [9.17, 15) is 83.1 Å². The number of esters is 3. The molecular formula is C82H118N2O22. The Labute approximate surface area is 626 Å². The number of allylic oxidation sites excluding steroid dienone is 2. The number of carbonyl (C=O) groups excluding carboxylic acids is 9. The molecule has 24 nitrogen and oxygen atoms in total. The average molecular weight is 1480 g/mol. The fourth-order valence-corrected chi connectivity index (χ4v) is 11.1. The van der Waals surface area contributed by atoms with Gasteiger partial charge in [-0.05, 0) is 134 Å². The zero-order valence-corrected chi connectivity index (χ0v) is 64.0. The number of carbonyl (C=O) groups is 12. The van der Waals surface area contributed by atoms with Crippen LogP contribution in [0.5, 0.6) is 11.5 Å². The number of ether oxygens (including phenoxy) is 5. The van der Waals surface area contributed by atoms with Gasteiger partial charge in [-0.3, -0.25) is 47.9 Å². The van der Waals surface area contributed by atoms with Crippen LogP contribution in [0.3, 0.4) is 0 Å². The van der Waals surface area contributed by atoms with Crippen molar-refractivity contribution in [2.45, 2.75) is 283 Å². The van der Waals surface area contributed by atoms with Gasteiger partial charge in [-0.2, -0.15) is 0 Å². The molecule has 0 heterocycles. The van der Waals surface area contributed by atoms with E-state index in [1.165, 1.54) is 39.2 Å². The van der Waals surface area contributed by atoms with Crippen LogP contribution in [-0.4, -0.2) is 153 Å². The van der Waals surface area contributed by atoms with Gasteiger partial charge in [0.15, 0.2) is 22.8 Å². The van der Waals surface area contributed by atoms with E-state index < -0.39 is 113 Å². The third-order valence-electron chi connectivity index (χ3n) is 17.2. The highest BCUT2D eigenvalue weighted by molar-refractivity contribution is 5.98. The lowest BCUT2D eigenvalue weighted by atomic mass is 9.82. The van der Waals surface area contributed by atoms with Crippen LogP contribution in [0.1, 0.15) is 252 Å². The first-order chi connectivity index (χ1) is 50.4. The summed E-state index contributed by atoms with van der Waals surface area (Å²) in [5, 5.41) is 57.1. The molecule has 0 aromatic heterocycles. The number of carboxylic acids is 3. The summed E-state index contributed by atoms with van der Waals surface area (Å²) in [5.41, 5.74) is -5.77. The molecule has 2 aromatic rings. The molecule has 0 unspecified atom stereocenters. The predicted molar refractivity (Wildman–Crippen MR) is 400 cm³/mol. The number of methoxy groups -OCH3 is 2. The molecule has 2 amide bonds. The third-order valence-corrected chi connectivity index (χ3v) is 17.2. The van der Waals surface area contributed by atoms with Crippen LogP contribution in [0.25, 0.3) is 0 Å². The lowest BCUT2D eigenvalue weighted by Crippen LogP contribution is -2.56. The lowest BCUT2D eigenvalue weighted by molar-refractivity contribution is -0.187. The number of ketones is 4. The molecule has 0 saturated heterocycles. The maximum absolute atomic E-state index is 14.1. The van der Waals surface area contributed by atoms with Gasteiger partial charge in [0.1, 0.15) is 41.9 Å². The second kappa shape index (κ2) is 54.6. The first-order valence-corrected chi connectivity index (χ1v) is 37.2. The summed E-state index contributed by atoms with van der Waals surface area (Å²) >= 11 is 0. The van der Waals surface area contributed by atoms with Crippen LogP contribution >= 0.6 is 0 Å². The van der Waals surface area contributed by atoms with Gasteiger partial charge in [-0.25, -0.2) is 9.59 Å². The van der Waals surface area contributed by atoms with E-state index in [0.717, 1.165) is 96.0 Å². The van der Waals surface area contributed by atoms with Gasteiger partial charge < -0.3 is 59.9 Å². The molecule has 0 fully saturated rings. The van der Waals surface area contributed by atoms with Crippen LogP contribution in [0.15, 0.2) is 72.8 Å². The van der Waals surface area contributed by atoms with Crippen molar-refractivity contribution < 1.29 is 107 Å². The number of unbranched alkanes of at least 4 members (excludes halogenated alkanes) is 16. The number of Topliss-reactive ketones (excluding diaryl/α,β-unsaturated/α-hetero) is 4. The van der Waals surface area contributed by atoms with Gasteiger partial charge in [0.2, 0.25) is 11.8 Å². The fraction of sp³-hybridized carbons (Fsp3) is 0.610. The number of aliphatic carboxylic acids is 3. The molecule has 0 aliphatic heterocycles. The van der Waals surface area contributed by atoms with Crippen LogP contribution < -0.4 is 20.1 Å². The molecule has 106 heavy (non-hydrogen) atoms. The summed E-state index contributed by atoms with van der Waals surface area (Å²) in [6.45, 7) is 12.7. The molecule has 0 aliphatic rings. The summed E-state index contributed by atoms with van der Waals surface area (Å²) < 4.78 is 25.8. The Balaban J connectivity index is 0.00000106. The zero-order valence-electron chi connectivity index (χ0n) is 64.0. The van der Waals surface area contributed by atoms with Crippen LogP contribution in [0, 0.1) is 35.5 Å². The molecule has 24 heteroatoms. The quantitative estimate of drug-likeness (QED) is 0.0106. The molecule has 2 aromatic carbocycles. The van der Waals surface area contributed by atoms with Crippen molar-refractivity contribution in [3.05, 3.63) is 84.0 Å². The van der Waals surface area contributed by atoms with E-state index in [1.54, 1.807) is 89.2 Å². The molecular weight excluding hydrogens is 1360 g/mol.